The summed E-state index contributed by atoms with van der Waals surface area (Å²) in [4.78, 5) is 18.8. The Morgan fingerprint density at radius 2 is 1.64 bits per heavy atom. The van der Waals surface area contributed by atoms with E-state index in [1.807, 2.05) is 0 Å². The molecular formula is C24H17F3N2O4. The van der Waals surface area contributed by atoms with Gasteiger partial charge in [-0.1, -0.05) is 24.3 Å². The van der Waals surface area contributed by atoms with Gasteiger partial charge in [0, 0.05) is 17.0 Å². The molecule has 3 aromatic carbocycles. The first-order valence-corrected chi connectivity index (χ1v) is 9.71. The molecule has 1 heterocycles. The molecule has 0 saturated heterocycles. The maximum atomic E-state index is 13.1. The molecule has 0 saturated carbocycles. The Hall–Kier alpha value is -4.27. The number of halogens is 3. The zero-order valence-corrected chi connectivity index (χ0v) is 16.9. The number of phenolic OH excluding ortho intramolecular Hbond substituents is 2. The standard InChI is InChI=1S/C24H17F3N2O4/c25-24(26,27)16-3-1-2-14(9-16)15-5-6-17-18(10-15)19(23(33)29-22(17)32)12-28-11-13-4-7-20(30)21(31)8-13/h1-10,12,30-31H,11H2,(H2,29,32,33). The monoisotopic (exact) mass is 454 g/mol. The van der Waals surface area contributed by atoms with Crippen LogP contribution in [0, 0.1) is 0 Å². The highest BCUT2D eigenvalue weighted by atomic mass is 19.4. The average molecular weight is 454 g/mol. The molecule has 0 aliphatic carbocycles. The smallest absolute Gasteiger partial charge is 0.416 e. The minimum atomic E-state index is -4.50. The van der Waals surface area contributed by atoms with Gasteiger partial charge >= 0.3 is 6.18 Å². The molecule has 0 spiro atoms. The fourth-order valence-electron chi connectivity index (χ4n) is 3.43. The molecule has 0 aliphatic heterocycles. The number of hydrogen-bond acceptors (Lipinski definition) is 5. The number of phenols is 2. The van der Waals surface area contributed by atoms with E-state index in [0.717, 1.165) is 12.1 Å². The van der Waals surface area contributed by atoms with Gasteiger partial charge in [-0.05, 0) is 53.1 Å². The fraction of sp³-hybridized carbons (Fsp3) is 0.0833. The normalized spacial score (nSPS) is 12.0. The number of H-pyrrole nitrogens is 1. The van der Waals surface area contributed by atoms with Crippen LogP contribution in [-0.4, -0.2) is 26.5 Å². The van der Waals surface area contributed by atoms with Gasteiger partial charge in [0.15, 0.2) is 11.5 Å². The van der Waals surface area contributed by atoms with Crippen LogP contribution in [0.4, 0.5) is 13.2 Å². The number of aromatic nitrogens is 1. The lowest BCUT2D eigenvalue weighted by molar-refractivity contribution is -0.137. The van der Waals surface area contributed by atoms with Crippen LogP contribution in [0.2, 0.25) is 0 Å². The zero-order chi connectivity index (χ0) is 23.8. The molecule has 0 atom stereocenters. The van der Waals surface area contributed by atoms with Crippen LogP contribution in [-0.2, 0) is 12.7 Å². The Balaban J connectivity index is 1.77. The number of alkyl halides is 3. The van der Waals surface area contributed by atoms with E-state index < -0.39 is 23.2 Å². The van der Waals surface area contributed by atoms with Crippen molar-refractivity contribution < 1.29 is 28.5 Å². The molecule has 0 fully saturated rings. The van der Waals surface area contributed by atoms with Gasteiger partial charge in [0.05, 0.1) is 17.7 Å². The van der Waals surface area contributed by atoms with Gasteiger partial charge in [0.1, 0.15) is 0 Å². The maximum Gasteiger partial charge on any atom is 0.416 e. The van der Waals surface area contributed by atoms with Crippen LogP contribution < -0.4 is 5.56 Å². The summed E-state index contributed by atoms with van der Waals surface area (Å²) in [7, 11) is 0. The van der Waals surface area contributed by atoms with Gasteiger partial charge in [0.2, 0.25) is 5.88 Å². The van der Waals surface area contributed by atoms with E-state index in [1.54, 1.807) is 6.07 Å². The molecule has 168 valence electrons. The second-order valence-corrected chi connectivity index (χ2v) is 7.35. The Morgan fingerprint density at radius 1 is 0.879 bits per heavy atom. The van der Waals surface area contributed by atoms with E-state index in [-0.39, 0.29) is 29.0 Å². The van der Waals surface area contributed by atoms with Crippen LogP contribution in [0.25, 0.3) is 21.9 Å². The molecule has 6 nitrogen and oxygen atoms in total. The molecule has 0 amide bonds. The first kappa shape index (κ1) is 21.9. The van der Waals surface area contributed by atoms with Crippen molar-refractivity contribution in [2.24, 2.45) is 4.99 Å². The number of fused-ring (bicyclic) bond motifs is 1. The molecule has 1 aromatic heterocycles. The second kappa shape index (κ2) is 8.34. The predicted molar refractivity (Wildman–Crippen MR) is 118 cm³/mol. The highest BCUT2D eigenvalue weighted by Gasteiger charge is 2.30. The largest absolute Gasteiger partial charge is 0.504 e. The highest BCUT2D eigenvalue weighted by Crippen LogP contribution is 2.33. The topological polar surface area (TPSA) is 106 Å². The zero-order valence-electron chi connectivity index (χ0n) is 16.9. The molecule has 4 aromatic rings. The van der Waals surface area contributed by atoms with E-state index in [9.17, 15) is 33.3 Å². The summed E-state index contributed by atoms with van der Waals surface area (Å²) in [6.45, 7) is 0.0984. The van der Waals surface area contributed by atoms with E-state index in [1.165, 1.54) is 48.7 Å². The van der Waals surface area contributed by atoms with Crippen molar-refractivity contribution in [2.75, 3.05) is 0 Å². The van der Waals surface area contributed by atoms with Crippen LogP contribution >= 0.6 is 0 Å². The number of hydrogen-bond donors (Lipinski definition) is 4. The third-order valence-corrected chi connectivity index (χ3v) is 5.10. The predicted octanol–water partition coefficient (Wildman–Crippen LogP) is 4.95. The lowest BCUT2D eigenvalue weighted by atomic mass is 9.98. The number of aromatic hydroxyl groups is 3. The Bertz CT molecular complexity index is 1440. The summed E-state index contributed by atoms with van der Waals surface area (Å²) in [6.07, 6.45) is -3.17. The number of benzene rings is 3. The summed E-state index contributed by atoms with van der Waals surface area (Å²) in [5.74, 6) is -1.01. The van der Waals surface area contributed by atoms with Crippen molar-refractivity contribution in [1.29, 1.82) is 0 Å². The Morgan fingerprint density at radius 3 is 2.36 bits per heavy atom. The lowest BCUT2D eigenvalue weighted by Gasteiger charge is -2.10. The molecule has 0 radical (unpaired) electrons. The van der Waals surface area contributed by atoms with Crippen molar-refractivity contribution >= 4 is 17.0 Å². The quantitative estimate of drug-likeness (QED) is 0.259. The number of aromatic amines is 1. The van der Waals surface area contributed by atoms with E-state index in [2.05, 4.69) is 9.98 Å². The fourth-order valence-corrected chi connectivity index (χ4v) is 3.43. The van der Waals surface area contributed by atoms with Gasteiger partial charge in [-0.3, -0.25) is 14.8 Å². The maximum absolute atomic E-state index is 13.1. The third kappa shape index (κ3) is 4.52. The van der Waals surface area contributed by atoms with Crippen LogP contribution in [0.3, 0.4) is 0 Å². The highest BCUT2D eigenvalue weighted by molar-refractivity contribution is 6.02. The molecule has 0 aliphatic rings. The van der Waals surface area contributed by atoms with Crippen molar-refractivity contribution in [3.05, 3.63) is 87.7 Å². The van der Waals surface area contributed by atoms with Crippen LogP contribution in [0.5, 0.6) is 17.4 Å². The first-order valence-electron chi connectivity index (χ1n) is 9.71. The average Bonchev–Trinajstić information content (AvgIpc) is 2.77. The number of aliphatic imine (C=N–C) groups is 1. The molecule has 33 heavy (non-hydrogen) atoms. The summed E-state index contributed by atoms with van der Waals surface area (Å²) in [6, 6.07) is 13.5. The van der Waals surface area contributed by atoms with Crippen molar-refractivity contribution in [3.8, 4) is 28.5 Å². The van der Waals surface area contributed by atoms with Gasteiger partial charge in [-0.25, -0.2) is 0 Å². The second-order valence-electron chi connectivity index (χ2n) is 7.35. The van der Waals surface area contributed by atoms with E-state index in [0.29, 0.717) is 22.1 Å². The molecule has 4 rings (SSSR count). The first-order chi connectivity index (χ1) is 15.6. The van der Waals surface area contributed by atoms with Crippen LogP contribution in [0.1, 0.15) is 16.7 Å². The van der Waals surface area contributed by atoms with Crippen molar-refractivity contribution in [1.82, 2.24) is 4.98 Å². The van der Waals surface area contributed by atoms with Crippen molar-refractivity contribution in [3.63, 3.8) is 0 Å². The van der Waals surface area contributed by atoms with Gasteiger partial charge in [-0.2, -0.15) is 13.2 Å². The van der Waals surface area contributed by atoms with Gasteiger partial charge in [-0.15, -0.1) is 0 Å². The summed E-state index contributed by atoms with van der Waals surface area (Å²) in [5, 5.41) is 29.8. The summed E-state index contributed by atoms with van der Waals surface area (Å²) < 4.78 is 39.3. The molecule has 0 bridgehead atoms. The Labute approximate surface area is 184 Å². The lowest BCUT2D eigenvalue weighted by Crippen LogP contribution is -2.08. The number of nitrogens with one attached hydrogen (secondary N) is 1. The molecule has 9 heteroatoms. The number of rotatable bonds is 4. The van der Waals surface area contributed by atoms with Crippen molar-refractivity contribution in [2.45, 2.75) is 12.7 Å². The minimum absolute atomic E-state index is 0.0984. The number of nitrogens with zero attached hydrogens (tertiary/aromatic N) is 1. The summed E-state index contributed by atoms with van der Waals surface area (Å²) >= 11 is 0. The SMILES string of the molecule is O=c1[nH]c(O)c(C=NCc2ccc(O)c(O)c2)c2cc(-c3cccc(C(F)(F)F)c3)ccc12. The third-order valence-electron chi connectivity index (χ3n) is 5.10. The summed E-state index contributed by atoms with van der Waals surface area (Å²) in [5.41, 5.74) is 0.137. The van der Waals surface area contributed by atoms with Gasteiger partial charge in [0.25, 0.3) is 5.56 Å². The van der Waals surface area contributed by atoms with E-state index >= 15 is 0 Å². The molecule has 4 N–H and O–H groups in total. The minimum Gasteiger partial charge on any atom is -0.504 e. The van der Waals surface area contributed by atoms with Crippen LogP contribution in [0.15, 0.2) is 70.5 Å². The Kier molecular flexibility index (Phi) is 5.55. The molecule has 0 unspecified atom stereocenters. The molecular weight excluding hydrogens is 437 g/mol. The van der Waals surface area contributed by atoms with Gasteiger partial charge < -0.3 is 15.3 Å². The van der Waals surface area contributed by atoms with E-state index in [4.69, 9.17) is 0 Å². The number of pyridine rings is 1.